The van der Waals surface area contributed by atoms with Crippen LogP contribution < -0.4 is 4.74 Å². The number of rotatable bonds is 8. The van der Waals surface area contributed by atoms with Gasteiger partial charge in [0.2, 0.25) is 0 Å². The highest BCUT2D eigenvalue weighted by Crippen LogP contribution is 2.30. The van der Waals surface area contributed by atoms with Crippen molar-refractivity contribution in [3.63, 3.8) is 0 Å². The maximum absolute atomic E-state index is 14.5. The van der Waals surface area contributed by atoms with E-state index in [9.17, 15) is 22.0 Å². The van der Waals surface area contributed by atoms with Gasteiger partial charge in [-0.2, -0.15) is 8.78 Å². The molecule has 6 heteroatoms. The van der Waals surface area contributed by atoms with Crippen molar-refractivity contribution in [2.24, 2.45) is 0 Å². The van der Waals surface area contributed by atoms with E-state index in [0.717, 1.165) is 48.2 Å². The molecule has 0 aromatic heterocycles. The van der Waals surface area contributed by atoms with Crippen LogP contribution in [0.5, 0.6) is 5.75 Å². The van der Waals surface area contributed by atoms with Crippen LogP contribution in [0.4, 0.5) is 22.0 Å². The number of alkyl halides is 2. The van der Waals surface area contributed by atoms with E-state index >= 15 is 0 Å². The summed E-state index contributed by atoms with van der Waals surface area (Å²) in [6, 6.07) is 21.4. The van der Waals surface area contributed by atoms with Crippen LogP contribution in [0.15, 0.2) is 91.0 Å². The molecular weight excluding hydrogens is 471 g/mol. The lowest BCUT2D eigenvalue weighted by molar-refractivity contribution is -0.131. The van der Waals surface area contributed by atoms with Crippen LogP contribution in [0, 0.1) is 17.5 Å². The van der Waals surface area contributed by atoms with E-state index < -0.39 is 29.3 Å². The molecule has 184 valence electrons. The minimum absolute atomic E-state index is 0.0693. The Hall–Kier alpha value is -3.93. The van der Waals surface area contributed by atoms with Crippen LogP contribution >= 0.6 is 0 Å². The van der Waals surface area contributed by atoms with Crippen LogP contribution in [0.3, 0.4) is 0 Å². The number of hydrogen-bond acceptors (Lipinski definition) is 1. The first kappa shape index (κ1) is 25.2. The zero-order valence-corrected chi connectivity index (χ0v) is 19.4. The topological polar surface area (TPSA) is 9.23 Å². The van der Waals surface area contributed by atoms with Gasteiger partial charge in [0.05, 0.1) is 0 Å². The number of aryl methyl sites for hydroxylation is 1. The molecule has 0 aliphatic rings. The van der Waals surface area contributed by atoms with Crippen molar-refractivity contribution in [2.75, 3.05) is 0 Å². The standard InChI is InChI=1S/C30H23F5O/c1-2-3-20-4-8-22(9-5-20)23-10-6-21(7-11-23)16-17-30(34,35)36-25-13-14-26(28(32)19-25)24-12-15-27(31)29(33)18-24/h4-19H,2-3H2,1H3/b17-16+. The summed E-state index contributed by atoms with van der Waals surface area (Å²) in [5, 5.41) is 0. The predicted octanol–water partition coefficient (Wildman–Crippen LogP) is 9.08. The van der Waals surface area contributed by atoms with E-state index in [0.29, 0.717) is 11.6 Å². The number of halogens is 5. The monoisotopic (exact) mass is 494 g/mol. The molecule has 4 rings (SSSR count). The zero-order valence-electron chi connectivity index (χ0n) is 19.4. The maximum atomic E-state index is 14.5. The zero-order chi connectivity index (χ0) is 25.7. The minimum atomic E-state index is -3.70. The Labute approximate surface area is 206 Å². The van der Waals surface area contributed by atoms with Gasteiger partial charge in [-0.15, -0.1) is 0 Å². The van der Waals surface area contributed by atoms with Gasteiger partial charge in [-0.3, -0.25) is 0 Å². The summed E-state index contributed by atoms with van der Waals surface area (Å²) in [6.07, 6.45) is 0.199. The van der Waals surface area contributed by atoms with E-state index in [-0.39, 0.29) is 11.1 Å². The Kier molecular flexibility index (Phi) is 7.53. The van der Waals surface area contributed by atoms with Gasteiger partial charge in [-0.1, -0.05) is 67.9 Å². The van der Waals surface area contributed by atoms with Gasteiger partial charge < -0.3 is 4.74 Å². The highest BCUT2D eigenvalue weighted by atomic mass is 19.3. The third kappa shape index (κ3) is 6.19. The Bertz CT molecular complexity index is 1360. The maximum Gasteiger partial charge on any atom is 0.419 e. The van der Waals surface area contributed by atoms with Gasteiger partial charge in [0, 0.05) is 17.7 Å². The van der Waals surface area contributed by atoms with Crippen LogP contribution in [0.25, 0.3) is 28.3 Å². The van der Waals surface area contributed by atoms with Crippen LogP contribution in [-0.2, 0) is 6.42 Å². The highest BCUT2D eigenvalue weighted by molar-refractivity contribution is 5.66. The van der Waals surface area contributed by atoms with Gasteiger partial charge in [-0.05, 0) is 64.6 Å². The van der Waals surface area contributed by atoms with Crippen molar-refractivity contribution < 1.29 is 26.7 Å². The molecule has 0 spiro atoms. The molecule has 1 nitrogen and oxygen atoms in total. The summed E-state index contributed by atoms with van der Waals surface area (Å²) in [5.74, 6) is -3.52. The Morgan fingerprint density at radius 1 is 0.694 bits per heavy atom. The van der Waals surface area contributed by atoms with Crippen molar-refractivity contribution >= 4 is 6.08 Å². The van der Waals surface area contributed by atoms with Crippen molar-refractivity contribution in [2.45, 2.75) is 25.9 Å². The summed E-state index contributed by atoms with van der Waals surface area (Å²) in [7, 11) is 0. The molecule has 4 aromatic rings. The molecule has 0 amide bonds. The molecule has 0 radical (unpaired) electrons. The van der Waals surface area contributed by atoms with Crippen molar-refractivity contribution in [3.8, 4) is 28.0 Å². The Balaban J connectivity index is 1.43. The first-order valence-electron chi connectivity index (χ1n) is 11.4. The largest absolute Gasteiger partial charge is 0.429 e. The second-order valence-electron chi connectivity index (χ2n) is 8.34. The fourth-order valence-electron chi connectivity index (χ4n) is 3.78. The summed E-state index contributed by atoms with van der Waals surface area (Å²) in [4.78, 5) is 0. The summed E-state index contributed by atoms with van der Waals surface area (Å²) in [6.45, 7) is 2.13. The number of ether oxygens (including phenoxy) is 1. The fraction of sp³-hybridized carbons (Fsp3) is 0.133. The molecule has 0 saturated carbocycles. The SMILES string of the molecule is CCCc1ccc(-c2ccc(/C=C/C(F)(F)Oc3ccc(-c4ccc(F)c(F)c4)c(F)c3)cc2)cc1. The predicted molar refractivity (Wildman–Crippen MR) is 132 cm³/mol. The fourth-order valence-corrected chi connectivity index (χ4v) is 3.78. The minimum Gasteiger partial charge on any atom is -0.429 e. The molecule has 0 unspecified atom stereocenters. The van der Waals surface area contributed by atoms with Crippen molar-refractivity contribution in [1.82, 2.24) is 0 Å². The molecule has 0 heterocycles. The van der Waals surface area contributed by atoms with Crippen LogP contribution in [-0.4, -0.2) is 6.11 Å². The summed E-state index contributed by atoms with van der Waals surface area (Å²) >= 11 is 0. The molecule has 0 atom stereocenters. The molecular formula is C30H23F5O. The van der Waals surface area contributed by atoms with E-state index in [1.165, 1.54) is 23.8 Å². The van der Waals surface area contributed by atoms with E-state index in [1.807, 2.05) is 24.3 Å². The number of benzene rings is 4. The van der Waals surface area contributed by atoms with Gasteiger partial charge in [0.1, 0.15) is 11.6 Å². The normalized spacial score (nSPS) is 11.7. The molecule has 36 heavy (non-hydrogen) atoms. The van der Waals surface area contributed by atoms with Crippen LogP contribution in [0.2, 0.25) is 0 Å². The summed E-state index contributed by atoms with van der Waals surface area (Å²) < 4.78 is 74.4. The van der Waals surface area contributed by atoms with Gasteiger partial charge in [0.15, 0.2) is 11.6 Å². The molecule has 0 N–H and O–H groups in total. The molecule has 0 aliphatic carbocycles. The molecule has 0 saturated heterocycles. The Morgan fingerprint density at radius 3 is 1.94 bits per heavy atom. The third-order valence-electron chi connectivity index (χ3n) is 5.63. The smallest absolute Gasteiger partial charge is 0.419 e. The molecule has 0 fully saturated rings. The molecule has 4 aromatic carbocycles. The van der Waals surface area contributed by atoms with Crippen molar-refractivity contribution in [3.05, 3.63) is 120 Å². The van der Waals surface area contributed by atoms with Gasteiger partial charge in [-0.25, -0.2) is 13.2 Å². The first-order valence-corrected chi connectivity index (χ1v) is 11.4. The second kappa shape index (κ2) is 10.8. The quantitative estimate of drug-likeness (QED) is 0.222. The lowest BCUT2D eigenvalue weighted by Gasteiger charge is -2.15. The van der Waals surface area contributed by atoms with E-state index in [4.69, 9.17) is 0 Å². The lowest BCUT2D eigenvalue weighted by Crippen LogP contribution is -2.21. The van der Waals surface area contributed by atoms with E-state index in [1.54, 1.807) is 12.1 Å². The van der Waals surface area contributed by atoms with Gasteiger partial charge in [0.25, 0.3) is 0 Å². The average molecular weight is 495 g/mol. The van der Waals surface area contributed by atoms with Gasteiger partial charge >= 0.3 is 6.11 Å². The molecule has 0 bridgehead atoms. The van der Waals surface area contributed by atoms with E-state index in [2.05, 4.69) is 23.8 Å². The number of hydrogen-bond donors (Lipinski definition) is 0. The second-order valence-corrected chi connectivity index (χ2v) is 8.34. The first-order chi connectivity index (χ1) is 17.2. The molecule has 0 aliphatic heterocycles. The average Bonchev–Trinajstić information content (AvgIpc) is 2.86. The third-order valence-corrected chi connectivity index (χ3v) is 5.63. The lowest BCUT2D eigenvalue weighted by atomic mass is 10.0. The Morgan fingerprint density at radius 2 is 1.33 bits per heavy atom. The summed E-state index contributed by atoms with van der Waals surface area (Å²) in [5.41, 5.74) is 3.82. The van der Waals surface area contributed by atoms with Crippen LogP contribution in [0.1, 0.15) is 24.5 Å². The highest BCUT2D eigenvalue weighted by Gasteiger charge is 2.28. The van der Waals surface area contributed by atoms with Crippen molar-refractivity contribution in [1.29, 1.82) is 0 Å².